The van der Waals surface area contributed by atoms with Crippen LogP contribution in [0.5, 0.6) is 0 Å². The first-order chi connectivity index (χ1) is 6.73. The molecule has 1 aromatic heterocycles. The molecule has 0 aliphatic rings. The first-order valence-corrected chi connectivity index (χ1v) is 4.27. The van der Waals surface area contributed by atoms with Crippen LogP contribution in [0.2, 0.25) is 0 Å². The molecule has 6 nitrogen and oxygen atoms in total. The van der Waals surface area contributed by atoms with Gasteiger partial charge in [-0.3, -0.25) is 0 Å². The molecule has 4 radical (unpaired) electrons. The van der Waals surface area contributed by atoms with Crippen molar-refractivity contribution < 1.29 is 10.0 Å². The molecule has 0 aliphatic heterocycles. The number of aromatic nitrogens is 2. The van der Waals surface area contributed by atoms with E-state index in [4.69, 9.17) is 15.7 Å². The Balaban J connectivity index is 3.30. The third kappa shape index (κ3) is 2.38. The number of hydrogen-bond donors (Lipinski definition) is 1. The van der Waals surface area contributed by atoms with Crippen LogP contribution < -0.4 is 0 Å². The van der Waals surface area contributed by atoms with Crippen molar-refractivity contribution in [1.82, 2.24) is 9.78 Å². The van der Waals surface area contributed by atoms with E-state index in [0.29, 0.717) is 0 Å². The highest BCUT2D eigenvalue weighted by Crippen LogP contribution is 2.25. The van der Waals surface area contributed by atoms with Crippen LogP contribution in [0, 0.1) is 10.1 Å². The molecule has 15 heavy (non-hydrogen) atoms. The minimum absolute atomic E-state index is 0.0835. The van der Waals surface area contributed by atoms with Gasteiger partial charge in [0.1, 0.15) is 15.7 Å². The summed E-state index contributed by atoms with van der Waals surface area (Å²) in [6, 6.07) is -0.0835. The molecule has 0 amide bonds. The molecule has 0 saturated carbocycles. The van der Waals surface area contributed by atoms with Crippen LogP contribution in [-0.2, 0) is 5.40 Å². The van der Waals surface area contributed by atoms with Gasteiger partial charge >= 0.3 is 5.82 Å². The molecule has 0 atom stereocenters. The Morgan fingerprint density at radius 2 is 2.20 bits per heavy atom. The topological polar surface area (TPSA) is 81.2 Å². The third-order valence-electron chi connectivity index (χ3n) is 1.85. The highest BCUT2D eigenvalue weighted by Gasteiger charge is 2.31. The highest BCUT2D eigenvalue weighted by molar-refractivity contribution is 6.38. The summed E-state index contributed by atoms with van der Waals surface area (Å²) < 4.78 is 1.32. The fraction of sp³-hybridized carbons (Fsp3) is 0.571. The van der Waals surface area contributed by atoms with Crippen molar-refractivity contribution in [1.29, 1.82) is 0 Å². The van der Waals surface area contributed by atoms with Crippen LogP contribution in [0.15, 0.2) is 6.20 Å². The zero-order valence-electron chi connectivity index (χ0n) is 8.41. The molecule has 0 aromatic carbocycles. The lowest BCUT2D eigenvalue weighted by atomic mass is 9.62. The monoisotopic (exact) mass is 205 g/mol. The molecule has 1 N–H and O–H groups in total. The lowest BCUT2D eigenvalue weighted by molar-refractivity contribution is -0.391. The van der Waals surface area contributed by atoms with Crippen molar-refractivity contribution in [2.75, 3.05) is 0 Å². The molecule has 0 fully saturated rings. The second-order valence-electron chi connectivity index (χ2n) is 3.52. The molecular weight excluding hydrogens is 196 g/mol. The van der Waals surface area contributed by atoms with Crippen molar-refractivity contribution in [3.05, 3.63) is 21.9 Å². The Hall–Kier alpha value is -1.30. The number of rotatable bonds is 3. The second kappa shape index (κ2) is 3.69. The van der Waals surface area contributed by atoms with Gasteiger partial charge in [-0.2, -0.15) is 4.68 Å². The highest BCUT2D eigenvalue weighted by atomic mass is 16.6. The van der Waals surface area contributed by atoms with E-state index in [1.807, 2.05) is 0 Å². The van der Waals surface area contributed by atoms with Gasteiger partial charge in [0.25, 0.3) is 0 Å². The maximum absolute atomic E-state index is 10.6. The van der Waals surface area contributed by atoms with Gasteiger partial charge in [0.05, 0.1) is 22.9 Å². The molecule has 0 unspecified atom stereocenters. The molecule has 0 spiro atoms. The third-order valence-corrected chi connectivity index (χ3v) is 1.85. The summed E-state index contributed by atoms with van der Waals surface area (Å²) in [5, 5.41) is 21.3. The fourth-order valence-electron chi connectivity index (χ4n) is 1.06. The quantitative estimate of drug-likeness (QED) is 0.421. The average Bonchev–Trinajstić information content (AvgIpc) is 2.45. The molecule has 0 saturated heterocycles. The minimum Gasteiger partial charge on any atom is -0.404 e. The van der Waals surface area contributed by atoms with Crippen molar-refractivity contribution in [2.24, 2.45) is 0 Å². The van der Waals surface area contributed by atoms with E-state index >= 15 is 0 Å². The summed E-state index contributed by atoms with van der Waals surface area (Å²) in [6.45, 7) is 3.57. The van der Waals surface area contributed by atoms with Crippen LogP contribution in [0.25, 0.3) is 0 Å². The van der Waals surface area contributed by atoms with Gasteiger partial charge in [0.2, 0.25) is 0 Å². The molecule has 1 rings (SSSR count). The van der Waals surface area contributed by atoms with Crippen LogP contribution in [0.1, 0.15) is 25.5 Å². The van der Waals surface area contributed by atoms with Crippen LogP contribution >= 0.6 is 0 Å². The lowest BCUT2D eigenvalue weighted by Gasteiger charge is -2.14. The first kappa shape index (κ1) is 11.8. The molecule has 0 bridgehead atoms. The van der Waals surface area contributed by atoms with Crippen molar-refractivity contribution in [3.8, 4) is 0 Å². The van der Waals surface area contributed by atoms with Gasteiger partial charge in [-0.1, -0.05) is 0 Å². The summed E-state index contributed by atoms with van der Waals surface area (Å²) in [5.41, 5.74) is -0.207. The van der Waals surface area contributed by atoms with Crippen molar-refractivity contribution in [2.45, 2.75) is 25.3 Å². The van der Waals surface area contributed by atoms with E-state index in [0.717, 1.165) is 0 Å². The Labute approximate surface area is 89.2 Å². The number of nitro groups is 1. The van der Waals surface area contributed by atoms with Gasteiger partial charge < -0.3 is 15.2 Å². The van der Waals surface area contributed by atoms with Gasteiger partial charge in [0.15, 0.2) is 0 Å². The second-order valence-corrected chi connectivity index (χ2v) is 3.52. The molecule has 8 heteroatoms. The van der Waals surface area contributed by atoms with E-state index in [1.54, 1.807) is 13.8 Å². The van der Waals surface area contributed by atoms with E-state index < -0.39 is 16.1 Å². The van der Waals surface area contributed by atoms with Gasteiger partial charge in [0, 0.05) is 5.40 Å². The summed E-state index contributed by atoms with van der Waals surface area (Å²) in [4.78, 5) is 9.87. The van der Waals surface area contributed by atoms with Gasteiger partial charge in [-0.05, 0) is 18.8 Å². The van der Waals surface area contributed by atoms with Crippen LogP contribution in [-0.4, -0.2) is 35.5 Å². The molecule has 0 aliphatic carbocycles. The average molecular weight is 205 g/mol. The smallest absolute Gasteiger partial charge is 0.394 e. The summed E-state index contributed by atoms with van der Waals surface area (Å²) >= 11 is 0. The van der Waals surface area contributed by atoms with E-state index in [2.05, 4.69) is 5.10 Å². The van der Waals surface area contributed by atoms with Crippen molar-refractivity contribution >= 4 is 21.5 Å². The maximum atomic E-state index is 10.6. The maximum Gasteiger partial charge on any atom is 0.394 e. The zero-order chi connectivity index (χ0) is 11.8. The number of nitrogens with zero attached hydrogens (tertiary/aromatic N) is 3. The number of aliphatic hydroxyl groups is 1. The van der Waals surface area contributed by atoms with E-state index in [-0.39, 0.29) is 11.6 Å². The SMILES string of the molecule is [B]C([B])(O)c1cn(C(C)C)nc1[N+](=O)[O-]. The molecule has 1 heterocycles. The molecule has 1 aromatic rings. The van der Waals surface area contributed by atoms with E-state index in [9.17, 15) is 15.2 Å². The fourth-order valence-corrected chi connectivity index (χ4v) is 1.06. The van der Waals surface area contributed by atoms with E-state index in [1.165, 1.54) is 10.9 Å². The lowest BCUT2D eigenvalue weighted by Crippen LogP contribution is -2.26. The Bertz CT molecular complexity index is 383. The van der Waals surface area contributed by atoms with Crippen LogP contribution in [0.4, 0.5) is 5.82 Å². The van der Waals surface area contributed by atoms with Gasteiger partial charge in [-0.25, -0.2) is 0 Å². The minimum atomic E-state index is -2.25. The summed E-state index contributed by atoms with van der Waals surface area (Å²) in [7, 11) is 10.4. The molecular formula is C7H9B2N3O3. The Morgan fingerprint density at radius 1 is 1.67 bits per heavy atom. The van der Waals surface area contributed by atoms with Crippen LogP contribution in [0.3, 0.4) is 0 Å². The Morgan fingerprint density at radius 3 is 2.47 bits per heavy atom. The normalized spacial score (nSPS) is 12.0. The molecule has 76 valence electrons. The largest absolute Gasteiger partial charge is 0.404 e. The van der Waals surface area contributed by atoms with Gasteiger partial charge in [-0.15, -0.1) is 0 Å². The number of hydrogen-bond acceptors (Lipinski definition) is 4. The predicted molar refractivity (Wildman–Crippen MR) is 54.7 cm³/mol. The first-order valence-electron chi connectivity index (χ1n) is 4.27. The Kier molecular flexibility index (Phi) is 2.90. The predicted octanol–water partition coefficient (Wildman–Crippen LogP) is -0.188. The summed E-state index contributed by atoms with van der Waals surface area (Å²) in [6.07, 6.45) is 1.27. The summed E-state index contributed by atoms with van der Waals surface area (Å²) in [5.74, 6) is -0.531. The van der Waals surface area contributed by atoms with Crippen molar-refractivity contribution in [3.63, 3.8) is 0 Å². The standard InChI is InChI=1S/C7H9B2N3O3/c1-4(2)11-3-5(7(8,9)13)6(10-11)12(14)15/h3-4,13H,1-2H3. The zero-order valence-corrected chi connectivity index (χ0v) is 8.41.